The van der Waals surface area contributed by atoms with Crippen LogP contribution in [0.1, 0.15) is 19.8 Å². The molecule has 1 aromatic rings. The molecule has 2 fully saturated rings. The molecule has 0 saturated carbocycles. The second-order valence-electron chi connectivity index (χ2n) is 6.01. The fourth-order valence-corrected chi connectivity index (χ4v) is 3.09. The second-order valence-corrected chi connectivity index (χ2v) is 6.01. The minimum absolute atomic E-state index is 0.419. The smallest absolute Gasteiger partial charge is 0.232 e. The van der Waals surface area contributed by atoms with Gasteiger partial charge in [0.15, 0.2) is 0 Å². The van der Waals surface area contributed by atoms with Gasteiger partial charge in [0.2, 0.25) is 17.8 Å². The number of nitrogens with zero attached hydrogens (tertiary/aromatic N) is 6. The molecule has 2 saturated heterocycles. The van der Waals surface area contributed by atoms with Crippen molar-refractivity contribution in [1.82, 2.24) is 19.9 Å². The lowest BCUT2D eigenvalue weighted by molar-refractivity contribution is 0.273. The van der Waals surface area contributed by atoms with E-state index in [1.807, 2.05) is 7.05 Å². The summed E-state index contributed by atoms with van der Waals surface area (Å²) in [5, 5.41) is 3.07. The lowest BCUT2D eigenvalue weighted by atomic mass is 10.2. The highest BCUT2D eigenvalue weighted by Gasteiger charge is 2.26. The zero-order chi connectivity index (χ0) is 14.8. The average Bonchev–Trinajstić information content (AvgIpc) is 3.01. The van der Waals surface area contributed by atoms with Gasteiger partial charge in [0, 0.05) is 45.8 Å². The molecular formula is C14H25N7. The summed E-state index contributed by atoms with van der Waals surface area (Å²) < 4.78 is 0. The fourth-order valence-electron chi connectivity index (χ4n) is 3.09. The third kappa shape index (κ3) is 3.02. The van der Waals surface area contributed by atoms with Crippen molar-refractivity contribution in [2.45, 2.75) is 25.8 Å². The van der Waals surface area contributed by atoms with Crippen LogP contribution in [0, 0.1) is 0 Å². The normalized spacial score (nSPS) is 23.7. The molecule has 0 radical (unpaired) electrons. The summed E-state index contributed by atoms with van der Waals surface area (Å²) in [6, 6.07) is 0.419. The average molecular weight is 291 g/mol. The summed E-state index contributed by atoms with van der Waals surface area (Å²) in [5.41, 5.74) is 0. The van der Waals surface area contributed by atoms with Crippen LogP contribution >= 0.6 is 0 Å². The first kappa shape index (κ1) is 14.3. The van der Waals surface area contributed by atoms with Crippen molar-refractivity contribution >= 4 is 17.8 Å². The summed E-state index contributed by atoms with van der Waals surface area (Å²) in [6.45, 7) is 7.37. The van der Waals surface area contributed by atoms with Crippen LogP contribution in [0.25, 0.3) is 0 Å². The number of aromatic nitrogens is 3. The van der Waals surface area contributed by atoms with Crippen molar-refractivity contribution in [2.24, 2.45) is 0 Å². The maximum absolute atomic E-state index is 4.73. The first-order valence-corrected chi connectivity index (χ1v) is 7.81. The van der Waals surface area contributed by atoms with Crippen molar-refractivity contribution in [1.29, 1.82) is 0 Å². The first-order chi connectivity index (χ1) is 10.2. The Labute approximate surface area is 126 Å². The van der Waals surface area contributed by atoms with Crippen molar-refractivity contribution in [3.8, 4) is 0 Å². The Morgan fingerprint density at radius 2 is 1.71 bits per heavy atom. The number of nitrogens with one attached hydrogen (secondary N) is 1. The highest BCUT2D eigenvalue weighted by atomic mass is 15.4. The van der Waals surface area contributed by atoms with E-state index in [1.165, 1.54) is 12.8 Å². The molecule has 1 aromatic heterocycles. The Bertz CT molecular complexity index is 486. The molecule has 1 unspecified atom stereocenters. The maximum Gasteiger partial charge on any atom is 0.232 e. The molecule has 0 spiro atoms. The fraction of sp³-hybridized carbons (Fsp3) is 0.786. The van der Waals surface area contributed by atoms with Crippen molar-refractivity contribution in [3.05, 3.63) is 0 Å². The zero-order valence-corrected chi connectivity index (χ0v) is 13.2. The Kier molecular flexibility index (Phi) is 4.10. The Morgan fingerprint density at radius 3 is 2.38 bits per heavy atom. The van der Waals surface area contributed by atoms with Gasteiger partial charge in [-0.2, -0.15) is 15.0 Å². The molecule has 0 bridgehead atoms. The summed E-state index contributed by atoms with van der Waals surface area (Å²) in [7, 11) is 4.02. The van der Waals surface area contributed by atoms with Crippen molar-refractivity contribution in [3.63, 3.8) is 0 Å². The van der Waals surface area contributed by atoms with E-state index in [2.05, 4.69) is 44.0 Å². The topological polar surface area (TPSA) is 60.4 Å². The van der Waals surface area contributed by atoms with E-state index in [1.54, 1.807) is 0 Å². The zero-order valence-electron chi connectivity index (χ0n) is 13.2. The van der Waals surface area contributed by atoms with Gasteiger partial charge in [-0.25, -0.2) is 0 Å². The Balaban J connectivity index is 1.88. The molecule has 1 atom stereocenters. The standard InChI is InChI=1S/C14H25N7/c1-11-10-19(3)8-9-21(11)14-17-12(15-2)16-13(18-14)20-6-4-5-7-20/h11H,4-10H2,1-3H3,(H,15,16,17,18). The van der Waals surface area contributed by atoms with Gasteiger partial charge in [0.05, 0.1) is 0 Å². The molecule has 0 aromatic carbocycles. The lowest BCUT2D eigenvalue weighted by Crippen LogP contribution is -2.51. The molecule has 116 valence electrons. The van der Waals surface area contributed by atoms with Gasteiger partial charge in [-0.3, -0.25) is 0 Å². The van der Waals surface area contributed by atoms with E-state index in [0.717, 1.165) is 44.6 Å². The van der Waals surface area contributed by atoms with E-state index in [-0.39, 0.29) is 0 Å². The molecule has 21 heavy (non-hydrogen) atoms. The highest BCUT2D eigenvalue weighted by Crippen LogP contribution is 2.22. The molecule has 0 aliphatic carbocycles. The van der Waals surface area contributed by atoms with Crippen molar-refractivity contribution in [2.75, 3.05) is 61.9 Å². The predicted octanol–water partition coefficient (Wildman–Crippen LogP) is 0.654. The number of anilines is 3. The monoisotopic (exact) mass is 291 g/mol. The van der Waals surface area contributed by atoms with Crippen LogP contribution in [0.2, 0.25) is 0 Å². The highest BCUT2D eigenvalue weighted by molar-refractivity contribution is 5.46. The van der Waals surface area contributed by atoms with Gasteiger partial charge in [-0.05, 0) is 26.8 Å². The molecule has 0 amide bonds. The molecule has 1 N–H and O–H groups in total. The molecular weight excluding hydrogens is 266 g/mol. The number of piperazine rings is 1. The van der Waals surface area contributed by atoms with E-state index >= 15 is 0 Å². The molecule has 3 heterocycles. The second kappa shape index (κ2) is 6.01. The van der Waals surface area contributed by atoms with Gasteiger partial charge in [0.25, 0.3) is 0 Å². The van der Waals surface area contributed by atoms with Crippen LogP contribution < -0.4 is 15.1 Å². The Morgan fingerprint density at radius 1 is 1.00 bits per heavy atom. The van der Waals surface area contributed by atoms with Crippen molar-refractivity contribution < 1.29 is 0 Å². The van der Waals surface area contributed by atoms with Crippen LogP contribution in [0.3, 0.4) is 0 Å². The molecule has 7 nitrogen and oxygen atoms in total. The third-order valence-electron chi connectivity index (χ3n) is 4.31. The van der Waals surface area contributed by atoms with Gasteiger partial charge >= 0.3 is 0 Å². The SMILES string of the molecule is CNc1nc(N2CCCC2)nc(N2CCN(C)CC2C)n1. The lowest BCUT2D eigenvalue weighted by Gasteiger charge is -2.38. The van der Waals surface area contributed by atoms with E-state index in [4.69, 9.17) is 4.98 Å². The van der Waals surface area contributed by atoms with Gasteiger partial charge < -0.3 is 20.0 Å². The minimum atomic E-state index is 0.419. The number of likely N-dealkylation sites (N-methyl/N-ethyl adjacent to an activating group) is 1. The summed E-state index contributed by atoms with van der Waals surface area (Å²) in [5.74, 6) is 2.28. The third-order valence-corrected chi connectivity index (χ3v) is 4.31. The van der Waals surface area contributed by atoms with Crippen LogP contribution in [0.15, 0.2) is 0 Å². The number of hydrogen-bond acceptors (Lipinski definition) is 7. The molecule has 7 heteroatoms. The quantitative estimate of drug-likeness (QED) is 0.877. The summed E-state index contributed by atoms with van der Waals surface area (Å²) in [4.78, 5) is 20.7. The van der Waals surface area contributed by atoms with Gasteiger partial charge in [0.1, 0.15) is 0 Å². The van der Waals surface area contributed by atoms with Gasteiger partial charge in [-0.15, -0.1) is 0 Å². The van der Waals surface area contributed by atoms with Crippen LogP contribution in [0.5, 0.6) is 0 Å². The molecule has 2 aliphatic rings. The summed E-state index contributed by atoms with van der Waals surface area (Å²) in [6.07, 6.45) is 2.45. The molecule has 3 rings (SSSR count). The largest absolute Gasteiger partial charge is 0.357 e. The van der Waals surface area contributed by atoms with Gasteiger partial charge in [-0.1, -0.05) is 0 Å². The van der Waals surface area contributed by atoms with Crippen LogP contribution in [0.4, 0.5) is 17.8 Å². The van der Waals surface area contributed by atoms with E-state index < -0.39 is 0 Å². The Hall–Kier alpha value is -1.63. The minimum Gasteiger partial charge on any atom is -0.357 e. The van der Waals surface area contributed by atoms with Crippen LogP contribution in [-0.4, -0.2) is 72.7 Å². The van der Waals surface area contributed by atoms with E-state index in [0.29, 0.717) is 12.0 Å². The molecule has 2 aliphatic heterocycles. The number of hydrogen-bond donors (Lipinski definition) is 1. The first-order valence-electron chi connectivity index (χ1n) is 7.81. The summed E-state index contributed by atoms with van der Waals surface area (Å²) >= 11 is 0. The number of rotatable bonds is 3. The maximum atomic E-state index is 4.73. The van der Waals surface area contributed by atoms with Crippen LogP contribution in [-0.2, 0) is 0 Å². The van der Waals surface area contributed by atoms with E-state index in [9.17, 15) is 0 Å². The predicted molar refractivity (Wildman–Crippen MR) is 85.1 cm³/mol.